The third-order valence-corrected chi connectivity index (χ3v) is 15.6. The van der Waals surface area contributed by atoms with Gasteiger partial charge in [-0.25, -0.2) is 0 Å². The van der Waals surface area contributed by atoms with E-state index in [1.165, 1.54) is 97.6 Å². The first-order valence-electron chi connectivity index (χ1n) is 32.3. The minimum atomic E-state index is 0.184. The lowest BCUT2D eigenvalue weighted by atomic mass is 9.95. The van der Waals surface area contributed by atoms with Crippen molar-refractivity contribution in [1.82, 2.24) is 0 Å². The van der Waals surface area contributed by atoms with Crippen molar-refractivity contribution in [2.24, 2.45) is 0 Å². The Balaban J connectivity index is 0.000000381. The van der Waals surface area contributed by atoms with Gasteiger partial charge in [0.15, 0.2) is 0 Å². The third-order valence-electron chi connectivity index (χ3n) is 15.6. The lowest BCUT2D eigenvalue weighted by molar-refractivity contribution is 0.178. The van der Waals surface area contributed by atoms with Crippen molar-refractivity contribution in [3.8, 4) is 51.0 Å². The Morgan fingerprint density at radius 3 is 1.04 bits per heavy atom. The Labute approximate surface area is 495 Å². The van der Waals surface area contributed by atoms with Gasteiger partial charge in [0.05, 0.1) is 30.5 Å². The van der Waals surface area contributed by atoms with Crippen LogP contribution in [-0.4, -0.2) is 30.5 Å². The highest BCUT2D eigenvalue weighted by atomic mass is 16.5. The smallest absolute Gasteiger partial charge is 0.127 e. The molecule has 0 saturated heterocycles. The van der Waals surface area contributed by atoms with Crippen LogP contribution in [0.3, 0.4) is 0 Å². The second-order valence-corrected chi connectivity index (χ2v) is 22.5. The number of rotatable bonds is 36. The highest BCUT2D eigenvalue weighted by Gasteiger charge is 2.20. The average Bonchev–Trinajstić information content (AvgIpc) is 3.53. The number of allylic oxidation sites excluding steroid dienone is 2. The van der Waals surface area contributed by atoms with Crippen molar-refractivity contribution in [3.63, 3.8) is 0 Å². The number of benzene rings is 5. The van der Waals surface area contributed by atoms with Crippen molar-refractivity contribution < 1.29 is 23.7 Å². The number of aryl methyl sites for hydroxylation is 3. The lowest BCUT2D eigenvalue weighted by Gasteiger charge is -2.23. The van der Waals surface area contributed by atoms with Gasteiger partial charge >= 0.3 is 0 Å². The topological polar surface area (TPSA) is 46.2 Å². The second kappa shape index (κ2) is 38.2. The molecule has 5 atom stereocenters. The molecule has 444 valence electrons. The molecule has 5 aromatic rings. The van der Waals surface area contributed by atoms with Crippen LogP contribution in [-0.2, 0) is 0 Å². The maximum atomic E-state index is 6.80. The zero-order valence-corrected chi connectivity index (χ0v) is 53.6. The summed E-state index contributed by atoms with van der Waals surface area (Å²) in [7, 11) is 0. The molecule has 0 N–H and O–H groups in total. The van der Waals surface area contributed by atoms with E-state index < -0.39 is 0 Å². The Morgan fingerprint density at radius 2 is 0.667 bits per heavy atom. The van der Waals surface area contributed by atoms with E-state index in [-0.39, 0.29) is 30.5 Å². The SMILES string of the molecule is C/C=C/c1cc(C)c(/C=C/c2ccc(C)cc2-c2cc(OC(CC)CCCC)ccc2OC(CC)CCCC)cc1OC(CC)CCCC.C/C=C/c1ccc(C)cc1-c1cc(OC(CC)CCCC)ccc1OC(CC)CCCC. The average molecular weight is 1100 g/mol. The predicted octanol–water partition coefficient (Wildman–Crippen LogP) is 23.6. The number of hydrogen-bond acceptors (Lipinski definition) is 5. The Bertz CT molecular complexity index is 2650. The Morgan fingerprint density at radius 1 is 0.321 bits per heavy atom. The van der Waals surface area contributed by atoms with Gasteiger partial charge in [-0.1, -0.05) is 217 Å². The molecule has 0 saturated carbocycles. The number of ether oxygens (including phenoxy) is 5. The molecule has 0 amide bonds. The van der Waals surface area contributed by atoms with Crippen molar-refractivity contribution in [3.05, 3.63) is 136 Å². The number of unbranched alkanes of at least 4 members (excludes halogenated alkanes) is 5. The van der Waals surface area contributed by atoms with Crippen molar-refractivity contribution >= 4 is 24.3 Å². The van der Waals surface area contributed by atoms with E-state index in [0.29, 0.717) is 0 Å². The highest BCUT2D eigenvalue weighted by Crippen LogP contribution is 2.41. The van der Waals surface area contributed by atoms with E-state index in [9.17, 15) is 0 Å². The highest BCUT2D eigenvalue weighted by molar-refractivity contribution is 5.85. The van der Waals surface area contributed by atoms with E-state index in [1.807, 2.05) is 0 Å². The summed E-state index contributed by atoms with van der Waals surface area (Å²) in [6, 6.07) is 30.7. The largest absolute Gasteiger partial charge is 0.490 e. The monoisotopic (exact) mass is 1100 g/mol. The molecule has 5 nitrogen and oxygen atoms in total. The van der Waals surface area contributed by atoms with E-state index in [0.717, 1.165) is 121 Å². The summed E-state index contributed by atoms with van der Waals surface area (Å²) in [4.78, 5) is 0. The van der Waals surface area contributed by atoms with Crippen LogP contribution in [0.4, 0.5) is 0 Å². The van der Waals surface area contributed by atoms with Gasteiger partial charge in [-0.05, 0) is 181 Å². The van der Waals surface area contributed by atoms with E-state index in [1.54, 1.807) is 0 Å². The predicted molar refractivity (Wildman–Crippen MR) is 354 cm³/mol. The lowest BCUT2D eigenvalue weighted by Crippen LogP contribution is -2.17. The molecule has 0 bridgehead atoms. The fourth-order valence-corrected chi connectivity index (χ4v) is 10.4. The van der Waals surface area contributed by atoms with E-state index in [4.69, 9.17) is 23.7 Å². The molecule has 0 heterocycles. The van der Waals surface area contributed by atoms with Crippen LogP contribution in [0.5, 0.6) is 28.7 Å². The van der Waals surface area contributed by atoms with Gasteiger partial charge in [-0.3, -0.25) is 0 Å². The van der Waals surface area contributed by atoms with Crippen molar-refractivity contribution in [2.45, 2.75) is 263 Å². The summed E-state index contributed by atoms with van der Waals surface area (Å²) < 4.78 is 33.1. The first-order valence-corrected chi connectivity index (χ1v) is 32.3. The molecule has 0 radical (unpaired) electrons. The fraction of sp³-hybridized carbons (Fsp3) is 0.526. The molecule has 0 aliphatic carbocycles. The minimum absolute atomic E-state index is 0.184. The minimum Gasteiger partial charge on any atom is -0.490 e. The van der Waals surface area contributed by atoms with Gasteiger partial charge < -0.3 is 23.7 Å². The molecule has 5 rings (SSSR count). The van der Waals surface area contributed by atoms with Gasteiger partial charge in [0.1, 0.15) is 28.7 Å². The van der Waals surface area contributed by atoms with Crippen LogP contribution in [0, 0.1) is 20.8 Å². The fourth-order valence-electron chi connectivity index (χ4n) is 10.4. The summed E-state index contributed by atoms with van der Waals surface area (Å²) >= 11 is 0. The van der Waals surface area contributed by atoms with E-state index in [2.05, 4.69) is 225 Å². The summed E-state index contributed by atoms with van der Waals surface area (Å²) in [6.07, 6.45) is 36.4. The third kappa shape index (κ3) is 22.5. The Kier molecular flexibility index (Phi) is 32.0. The first-order chi connectivity index (χ1) is 39.3. The molecule has 5 heteroatoms. The van der Waals surface area contributed by atoms with Gasteiger partial charge in [0, 0.05) is 16.7 Å². The molecule has 5 aromatic carbocycles. The molecule has 0 aliphatic heterocycles. The van der Waals surface area contributed by atoms with Crippen LogP contribution in [0.1, 0.15) is 250 Å². The van der Waals surface area contributed by atoms with Crippen LogP contribution in [0.15, 0.2) is 97.1 Å². The quantitative estimate of drug-likeness (QED) is 0.0374. The maximum Gasteiger partial charge on any atom is 0.127 e. The molecule has 81 heavy (non-hydrogen) atoms. The van der Waals surface area contributed by atoms with Gasteiger partial charge in [0.25, 0.3) is 0 Å². The molecular formula is C76H110O5. The first kappa shape index (κ1) is 67.8. The van der Waals surface area contributed by atoms with Crippen LogP contribution >= 0.6 is 0 Å². The second-order valence-electron chi connectivity index (χ2n) is 22.5. The number of hydrogen-bond donors (Lipinski definition) is 0. The zero-order chi connectivity index (χ0) is 58.9. The molecular weight excluding hydrogens is 993 g/mol. The molecule has 0 fully saturated rings. The standard InChI is InChI=1S/C46H66O3.C30H44O2/c1-10-17-21-39(14-5)47-42-28-29-45(48-40(15-6)22-18-11-2)44(33-42)43-30-34(8)24-25-36(43)26-27-37-32-46(38(20-13-4)31-35(37)9)49-41(16-7)23-19-12-3;1-7-12-15-25(10-4)31-27-19-20-30(32-26(11-5)16-13-8-2)29(22-27)28-21-23(6)17-18-24(28)14-9-3/h13,20,24-33,39-41H,10-12,14-19,21-23H2,1-9H3;9,14,17-22,25-26H,7-8,10-13,15-16H2,1-6H3/b20-13+,27-26+;14-9+. The van der Waals surface area contributed by atoms with Crippen molar-refractivity contribution in [1.29, 1.82) is 0 Å². The molecule has 0 aliphatic rings. The summed E-state index contributed by atoms with van der Waals surface area (Å²) in [6.45, 7) is 33.0. The summed E-state index contributed by atoms with van der Waals surface area (Å²) in [5.41, 5.74) is 12.9. The van der Waals surface area contributed by atoms with Gasteiger partial charge in [0.2, 0.25) is 0 Å². The Hall–Kier alpha value is -5.68. The zero-order valence-electron chi connectivity index (χ0n) is 53.6. The van der Waals surface area contributed by atoms with Crippen molar-refractivity contribution in [2.75, 3.05) is 0 Å². The normalized spacial score (nSPS) is 13.5. The van der Waals surface area contributed by atoms with E-state index >= 15 is 0 Å². The van der Waals surface area contributed by atoms with Crippen LogP contribution in [0.2, 0.25) is 0 Å². The molecule has 5 unspecified atom stereocenters. The maximum absolute atomic E-state index is 6.80. The van der Waals surface area contributed by atoms with Crippen LogP contribution in [0.25, 0.3) is 46.6 Å². The van der Waals surface area contributed by atoms with Gasteiger partial charge in [-0.15, -0.1) is 0 Å². The molecule has 0 spiro atoms. The summed E-state index contributed by atoms with van der Waals surface area (Å²) in [5.74, 6) is 4.69. The molecule has 0 aromatic heterocycles. The van der Waals surface area contributed by atoms with Crippen LogP contribution < -0.4 is 23.7 Å². The van der Waals surface area contributed by atoms with Gasteiger partial charge in [-0.2, -0.15) is 0 Å². The summed E-state index contributed by atoms with van der Waals surface area (Å²) in [5, 5.41) is 0.